The highest BCUT2D eigenvalue weighted by Crippen LogP contribution is 2.19. The molecular weight excluding hydrogens is 304 g/mol. The zero-order chi connectivity index (χ0) is 17.9. The Balaban J connectivity index is 2.06. The first-order chi connectivity index (χ1) is 11.2. The van der Waals surface area contributed by atoms with Gasteiger partial charge >= 0.3 is 6.09 Å². The molecule has 1 aromatic rings. The highest BCUT2D eigenvalue weighted by Gasteiger charge is 2.33. The molecule has 2 amide bonds. The van der Waals surface area contributed by atoms with Crippen LogP contribution >= 0.6 is 0 Å². The van der Waals surface area contributed by atoms with E-state index in [2.05, 4.69) is 6.58 Å². The molecular formula is C19H26N2O3. The number of hydrogen-bond donors (Lipinski definition) is 0. The van der Waals surface area contributed by atoms with Gasteiger partial charge in [-0.1, -0.05) is 30.9 Å². The maximum Gasteiger partial charge on any atom is 0.410 e. The third kappa shape index (κ3) is 4.16. The molecule has 0 spiro atoms. The van der Waals surface area contributed by atoms with Crippen molar-refractivity contribution in [2.45, 2.75) is 39.3 Å². The molecule has 130 valence electrons. The van der Waals surface area contributed by atoms with E-state index in [0.29, 0.717) is 25.2 Å². The SMILES string of the molecule is C=Cc1ccccc1C(=O)N1CCN(C(=O)OC(C)(C)C)C(C)C1. The third-order valence-corrected chi connectivity index (χ3v) is 3.95. The Morgan fingerprint density at radius 1 is 1.25 bits per heavy atom. The van der Waals surface area contributed by atoms with Crippen LogP contribution in [0.3, 0.4) is 0 Å². The van der Waals surface area contributed by atoms with Gasteiger partial charge in [-0.15, -0.1) is 0 Å². The van der Waals surface area contributed by atoms with Crippen molar-refractivity contribution < 1.29 is 14.3 Å². The summed E-state index contributed by atoms with van der Waals surface area (Å²) in [4.78, 5) is 28.5. The molecule has 0 bridgehead atoms. The average molecular weight is 330 g/mol. The predicted molar refractivity (Wildman–Crippen MR) is 94.8 cm³/mol. The van der Waals surface area contributed by atoms with Crippen LogP contribution in [0.25, 0.3) is 6.08 Å². The zero-order valence-electron chi connectivity index (χ0n) is 14.9. The molecule has 1 saturated heterocycles. The number of amides is 2. The number of rotatable bonds is 2. The Hall–Kier alpha value is -2.30. The molecule has 1 atom stereocenters. The van der Waals surface area contributed by atoms with Crippen molar-refractivity contribution in [3.63, 3.8) is 0 Å². The lowest BCUT2D eigenvalue weighted by Gasteiger charge is -2.40. The summed E-state index contributed by atoms with van der Waals surface area (Å²) < 4.78 is 5.43. The molecule has 5 nitrogen and oxygen atoms in total. The molecule has 0 aromatic heterocycles. The van der Waals surface area contributed by atoms with Crippen LogP contribution in [-0.4, -0.2) is 53.1 Å². The number of ether oxygens (including phenoxy) is 1. The molecule has 1 heterocycles. The van der Waals surface area contributed by atoms with Crippen LogP contribution in [0.2, 0.25) is 0 Å². The van der Waals surface area contributed by atoms with E-state index < -0.39 is 5.60 Å². The van der Waals surface area contributed by atoms with Crippen molar-refractivity contribution in [1.82, 2.24) is 9.80 Å². The summed E-state index contributed by atoms with van der Waals surface area (Å²) in [6.45, 7) is 12.7. The molecule has 1 aromatic carbocycles. The van der Waals surface area contributed by atoms with Crippen molar-refractivity contribution in [3.8, 4) is 0 Å². The van der Waals surface area contributed by atoms with Crippen LogP contribution in [0, 0.1) is 0 Å². The van der Waals surface area contributed by atoms with Crippen LogP contribution < -0.4 is 0 Å². The van der Waals surface area contributed by atoms with Gasteiger partial charge in [0.1, 0.15) is 5.60 Å². The second-order valence-electron chi connectivity index (χ2n) is 7.07. The molecule has 24 heavy (non-hydrogen) atoms. The largest absolute Gasteiger partial charge is 0.444 e. The molecule has 1 aliphatic rings. The normalized spacial score (nSPS) is 18.2. The second-order valence-corrected chi connectivity index (χ2v) is 7.07. The van der Waals surface area contributed by atoms with Crippen molar-refractivity contribution in [1.29, 1.82) is 0 Å². The first kappa shape index (κ1) is 18.0. The lowest BCUT2D eigenvalue weighted by Crippen LogP contribution is -2.56. The van der Waals surface area contributed by atoms with Gasteiger partial charge in [-0.3, -0.25) is 4.79 Å². The topological polar surface area (TPSA) is 49.9 Å². The van der Waals surface area contributed by atoms with Gasteiger partial charge in [-0.2, -0.15) is 0 Å². The number of benzene rings is 1. The zero-order valence-corrected chi connectivity index (χ0v) is 14.9. The van der Waals surface area contributed by atoms with Crippen LogP contribution in [0.1, 0.15) is 43.6 Å². The van der Waals surface area contributed by atoms with E-state index in [1.165, 1.54) is 0 Å². The number of hydrogen-bond acceptors (Lipinski definition) is 3. The number of piperazine rings is 1. The monoisotopic (exact) mass is 330 g/mol. The van der Waals surface area contributed by atoms with E-state index >= 15 is 0 Å². The summed E-state index contributed by atoms with van der Waals surface area (Å²) in [6.07, 6.45) is 1.36. The minimum absolute atomic E-state index is 0.0267. The average Bonchev–Trinajstić information content (AvgIpc) is 2.52. The summed E-state index contributed by atoms with van der Waals surface area (Å²) in [5, 5.41) is 0. The lowest BCUT2D eigenvalue weighted by molar-refractivity contribution is 0.00198. The van der Waals surface area contributed by atoms with Gasteiger partial charge < -0.3 is 14.5 Å². The first-order valence-electron chi connectivity index (χ1n) is 8.23. The van der Waals surface area contributed by atoms with Gasteiger partial charge in [0.25, 0.3) is 5.91 Å². The second kappa shape index (κ2) is 7.07. The van der Waals surface area contributed by atoms with Crippen LogP contribution in [0.4, 0.5) is 4.79 Å². The van der Waals surface area contributed by atoms with E-state index in [1.807, 2.05) is 52.0 Å². The highest BCUT2D eigenvalue weighted by molar-refractivity contribution is 5.97. The minimum atomic E-state index is -0.521. The van der Waals surface area contributed by atoms with Crippen molar-refractivity contribution >= 4 is 18.1 Å². The van der Waals surface area contributed by atoms with Crippen LogP contribution in [0.5, 0.6) is 0 Å². The van der Waals surface area contributed by atoms with Crippen LogP contribution in [0.15, 0.2) is 30.8 Å². The summed E-state index contributed by atoms with van der Waals surface area (Å²) in [7, 11) is 0. The maximum absolute atomic E-state index is 12.8. The van der Waals surface area contributed by atoms with Crippen molar-refractivity contribution in [2.75, 3.05) is 19.6 Å². The Bertz CT molecular complexity index is 634. The van der Waals surface area contributed by atoms with Gasteiger partial charge in [0, 0.05) is 31.2 Å². The fourth-order valence-electron chi connectivity index (χ4n) is 2.77. The van der Waals surface area contributed by atoms with Gasteiger partial charge in [-0.05, 0) is 39.3 Å². The van der Waals surface area contributed by atoms with E-state index in [-0.39, 0.29) is 18.0 Å². The van der Waals surface area contributed by atoms with Gasteiger partial charge in [0.15, 0.2) is 0 Å². The van der Waals surface area contributed by atoms with Gasteiger partial charge in [0.05, 0.1) is 0 Å². The first-order valence-corrected chi connectivity index (χ1v) is 8.23. The summed E-state index contributed by atoms with van der Waals surface area (Å²) in [5.41, 5.74) is 0.947. The number of carbonyl (C=O) groups is 2. The highest BCUT2D eigenvalue weighted by atomic mass is 16.6. The van der Waals surface area contributed by atoms with E-state index in [4.69, 9.17) is 4.74 Å². The standard InChI is InChI=1S/C19H26N2O3/c1-6-15-9-7-8-10-16(15)17(22)20-11-12-21(14(2)13-20)18(23)24-19(3,4)5/h6-10,14H,1,11-13H2,2-5H3. The van der Waals surface area contributed by atoms with Gasteiger partial charge in [0.2, 0.25) is 0 Å². The van der Waals surface area contributed by atoms with E-state index in [9.17, 15) is 9.59 Å². The third-order valence-electron chi connectivity index (χ3n) is 3.95. The summed E-state index contributed by atoms with van der Waals surface area (Å²) in [5.74, 6) is -0.0267. The van der Waals surface area contributed by atoms with E-state index in [0.717, 1.165) is 5.56 Å². The summed E-state index contributed by atoms with van der Waals surface area (Å²) >= 11 is 0. The molecule has 2 rings (SSSR count). The number of carbonyl (C=O) groups excluding carboxylic acids is 2. The Morgan fingerprint density at radius 2 is 1.92 bits per heavy atom. The van der Waals surface area contributed by atoms with Crippen LogP contribution in [-0.2, 0) is 4.74 Å². The molecule has 0 N–H and O–H groups in total. The molecule has 1 fully saturated rings. The molecule has 1 unspecified atom stereocenters. The fourth-order valence-corrected chi connectivity index (χ4v) is 2.77. The van der Waals surface area contributed by atoms with E-state index in [1.54, 1.807) is 15.9 Å². The quantitative estimate of drug-likeness (QED) is 0.835. The molecule has 0 saturated carbocycles. The van der Waals surface area contributed by atoms with Crippen molar-refractivity contribution in [2.24, 2.45) is 0 Å². The minimum Gasteiger partial charge on any atom is -0.444 e. The fraction of sp³-hybridized carbons (Fsp3) is 0.474. The maximum atomic E-state index is 12.8. The molecule has 5 heteroatoms. The van der Waals surface area contributed by atoms with Gasteiger partial charge in [-0.25, -0.2) is 4.79 Å². The molecule has 0 aliphatic carbocycles. The Kier molecular flexibility index (Phi) is 5.32. The lowest BCUT2D eigenvalue weighted by atomic mass is 10.1. The van der Waals surface area contributed by atoms with Crippen molar-refractivity contribution in [3.05, 3.63) is 42.0 Å². The summed E-state index contributed by atoms with van der Waals surface area (Å²) in [6, 6.07) is 7.33. The Labute approximate surface area is 143 Å². The Morgan fingerprint density at radius 3 is 2.50 bits per heavy atom. The predicted octanol–water partition coefficient (Wildman–Crippen LogP) is 3.41. The smallest absolute Gasteiger partial charge is 0.410 e. The molecule has 1 aliphatic heterocycles. The number of nitrogens with zero attached hydrogens (tertiary/aromatic N) is 2. The molecule has 0 radical (unpaired) electrons.